The first kappa shape index (κ1) is 13.8. The highest BCUT2D eigenvalue weighted by atomic mass is 79.9. The molecule has 0 fully saturated rings. The molecule has 2 aromatic rings. The highest BCUT2D eigenvalue weighted by Gasteiger charge is 2.20. The van der Waals surface area contributed by atoms with Crippen LogP contribution in [0, 0.1) is 15.9 Å². The van der Waals surface area contributed by atoms with Crippen LogP contribution in [0.15, 0.2) is 40.9 Å². The number of anilines is 2. The molecule has 2 rings (SSSR count). The SMILES string of the molecule is O=[N+]([O-])c1c(F)cccc1Nc1cc(Br)ccc1Cl. The Labute approximate surface area is 121 Å². The molecule has 2 aromatic carbocycles. The minimum absolute atomic E-state index is 0.0463. The van der Waals surface area contributed by atoms with E-state index < -0.39 is 16.4 Å². The molecular formula is C12H7BrClFN2O2. The lowest BCUT2D eigenvalue weighted by atomic mass is 10.2. The number of nitro groups is 1. The van der Waals surface area contributed by atoms with Crippen LogP contribution in [0.25, 0.3) is 0 Å². The van der Waals surface area contributed by atoms with Crippen molar-refractivity contribution >= 4 is 44.6 Å². The van der Waals surface area contributed by atoms with E-state index in [4.69, 9.17) is 11.6 Å². The van der Waals surface area contributed by atoms with Crippen molar-refractivity contribution in [1.82, 2.24) is 0 Å². The summed E-state index contributed by atoms with van der Waals surface area (Å²) >= 11 is 9.24. The van der Waals surface area contributed by atoms with Gasteiger partial charge in [-0.25, -0.2) is 0 Å². The first-order valence-electron chi connectivity index (χ1n) is 5.14. The van der Waals surface area contributed by atoms with E-state index in [1.54, 1.807) is 18.2 Å². The van der Waals surface area contributed by atoms with Gasteiger partial charge >= 0.3 is 5.69 Å². The minimum atomic E-state index is -0.902. The number of hydrogen-bond donors (Lipinski definition) is 1. The summed E-state index contributed by atoms with van der Waals surface area (Å²) in [5.74, 6) is -0.902. The molecule has 0 saturated heterocycles. The third-order valence-electron chi connectivity index (χ3n) is 2.37. The van der Waals surface area contributed by atoms with E-state index in [0.717, 1.165) is 10.5 Å². The molecule has 1 N–H and O–H groups in total. The summed E-state index contributed by atoms with van der Waals surface area (Å²) in [5.41, 5.74) is -0.117. The van der Waals surface area contributed by atoms with E-state index in [9.17, 15) is 14.5 Å². The van der Waals surface area contributed by atoms with Gasteiger partial charge in [-0.15, -0.1) is 0 Å². The zero-order valence-electron chi connectivity index (χ0n) is 9.36. The summed E-state index contributed by atoms with van der Waals surface area (Å²) < 4.78 is 14.2. The molecular weight excluding hydrogens is 338 g/mol. The molecule has 0 aliphatic carbocycles. The fraction of sp³-hybridized carbons (Fsp3) is 0. The molecule has 0 aliphatic heterocycles. The van der Waals surface area contributed by atoms with Crippen LogP contribution < -0.4 is 5.32 Å². The highest BCUT2D eigenvalue weighted by molar-refractivity contribution is 9.10. The van der Waals surface area contributed by atoms with Crippen molar-refractivity contribution in [2.45, 2.75) is 0 Å². The maximum Gasteiger partial charge on any atom is 0.327 e. The van der Waals surface area contributed by atoms with E-state index in [1.165, 1.54) is 12.1 Å². The van der Waals surface area contributed by atoms with Gasteiger partial charge < -0.3 is 5.32 Å². The molecule has 4 nitrogen and oxygen atoms in total. The molecule has 0 unspecified atom stereocenters. The van der Waals surface area contributed by atoms with Gasteiger partial charge in [-0.3, -0.25) is 10.1 Å². The van der Waals surface area contributed by atoms with Crippen molar-refractivity contribution in [2.24, 2.45) is 0 Å². The largest absolute Gasteiger partial charge is 0.349 e. The molecule has 7 heteroatoms. The number of nitro benzene ring substituents is 1. The molecule has 0 aromatic heterocycles. The van der Waals surface area contributed by atoms with Gasteiger partial charge in [0, 0.05) is 4.47 Å². The Hall–Kier alpha value is -1.66. The van der Waals surface area contributed by atoms with Crippen LogP contribution in [0.3, 0.4) is 0 Å². The zero-order valence-corrected chi connectivity index (χ0v) is 11.7. The second kappa shape index (κ2) is 5.54. The lowest BCUT2D eigenvalue weighted by Crippen LogP contribution is -2.00. The van der Waals surface area contributed by atoms with Gasteiger partial charge in [0.05, 0.1) is 15.6 Å². The highest BCUT2D eigenvalue weighted by Crippen LogP contribution is 2.33. The standard InChI is InChI=1S/C12H7BrClFN2O2/c13-7-4-5-8(14)11(6-7)16-10-3-1-2-9(15)12(10)17(18)19/h1-6,16H. The van der Waals surface area contributed by atoms with Gasteiger partial charge in [-0.1, -0.05) is 33.6 Å². The monoisotopic (exact) mass is 344 g/mol. The van der Waals surface area contributed by atoms with Crippen LogP contribution >= 0.6 is 27.5 Å². The molecule has 98 valence electrons. The summed E-state index contributed by atoms with van der Waals surface area (Å²) in [6.07, 6.45) is 0. The second-order valence-corrected chi connectivity index (χ2v) is 4.97. The maximum atomic E-state index is 13.5. The maximum absolute atomic E-state index is 13.5. The quantitative estimate of drug-likeness (QED) is 0.636. The van der Waals surface area contributed by atoms with Crippen molar-refractivity contribution in [3.63, 3.8) is 0 Å². The first-order chi connectivity index (χ1) is 8.99. The number of halogens is 3. The van der Waals surface area contributed by atoms with Crippen molar-refractivity contribution in [3.8, 4) is 0 Å². The predicted octanol–water partition coefficient (Wildman–Crippen LogP) is 4.89. The number of nitrogens with one attached hydrogen (secondary N) is 1. The Morgan fingerprint density at radius 3 is 2.68 bits per heavy atom. The number of nitrogens with zero attached hydrogens (tertiary/aromatic N) is 1. The minimum Gasteiger partial charge on any atom is -0.349 e. The van der Waals surface area contributed by atoms with Gasteiger partial charge in [0.15, 0.2) is 0 Å². The van der Waals surface area contributed by atoms with Crippen LogP contribution in [0.5, 0.6) is 0 Å². The molecule has 0 aliphatic rings. The van der Waals surface area contributed by atoms with E-state index in [2.05, 4.69) is 21.2 Å². The van der Waals surface area contributed by atoms with E-state index in [-0.39, 0.29) is 5.69 Å². The third-order valence-corrected chi connectivity index (χ3v) is 3.19. The normalized spacial score (nSPS) is 10.3. The van der Waals surface area contributed by atoms with Crippen molar-refractivity contribution in [1.29, 1.82) is 0 Å². The fourth-order valence-corrected chi connectivity index (χ4v) is 2.07. The van der Waals surface area contributed by atoms with Crippen molar-refractivity contribution in [3.05, 3.63) is 61.8 Å². The summed E-state index contributed by atoms with van der Waals surface area (Å²) in [5, 5.41) is 14.0. The molecule has 0 bridgehead atoms. The van der Waals surface area contributed by atoms with E-state index in [0.29, 0.717) is 10.7 Å². The lowest BCUT2D eigenvalue weighted by molar-refractivity contribution is -0.386. The fourth-order valence-electron chi connectivity index (χ4n) is 1.54. The number of para-hydroxylation sites is 1. The van der Waals surface area contributed by atoms with Gasteiger partial charge in [0.25, 0.3) is 0 Å². The number of benzene rings is 2. The number of hydrogen-bond acceptors (Lipinski definition) is 3. The Bertz CT molecular complexity index is 652. The van der Waals surface area contributed by atoms with Gasteiger partial charge in [-0.2, -0.15) is 4.39 Å². The molecule has 0 saturated carbocycles. The number of rotatable bonds is 3. The first-order valence-corrected chi connectivity index (χ1v) is 6.31. The average Bonchev–Trinajstić information content (AvgIpc) is 2.33. The predicted molar refractivity (Wildman–Crippen MR) is 75.5 cm³/mol. The van der Waals surface area contributed by atoms with Crippen molar-refractivity contribution in [2.75, 3.05) is 5.32 Å². The van der Waals surface area contributed by atoms with Crippen LogP contribution in [-0.4, -0.2) is 4.92 Å². The molecule has 0 amide bonds. The van der Waals surface area contributed by atoms with Crippen LogP contribution in [0.1, 0.15) is 0 Å². The Morgan fingerprint density at radius 1 is 1.26 bits per heavy atom. The smallest absolute Gasteiger partial charge is 0.327 e. The molecule has 0 spiro atoms. The van der Waals surface area contributed by atoms with Crippen LogP contribution in [0.4, 0.5) is 21.5 Å². The lowest BCUT2D eigenvalue weighted by Gasteiger charge is -2.09. The Kier molecular flexibility index (Phi) is 4.01. The summed E-state index contributed by atoms with van der Waals surface area (Å²) in [4.78, 5) is 10.1. The van der Waals surface area contributed by atoms with Gasteiger partial charge in [0.2, 0.25) is 5.82 Å². The molecule has 19 heavy (non-hydrogen) atoms. The molecule has 0 atom stereocenters. The Balaban J connectivity index is 2.46. The topological polar surface area (TPSA) is 55.2 Å². The van der Waals surface area contributed by atoms with Crippen LogP contribution in [-0.2, 0) is 0 Å². The van der Waals surface area contributed by atoms with E-state index >= 15 is 0 Å². The molecule has 0 radical (unpaired) electrons. The average molecular weight is 346 g/mol. The summed E-state index contributed by atoms with van der Waals surface area (Å²) in [7, 11) is 0. The second-order valence-electron chi connectivity index (χ2n) is 3.64. The van der Waals surface area contributed by atoms with Crippen molar-refractivity contribution < 1.29 is 9.31 Å². The van der Waals surface area contributed by atoms with Crippen LogP contribution in [0.2, 0.25) is 5.02 Å². The van der Waals surface area contributed by atoms with Gasteiger partial charge in [-0.05, 0) is 30.3 Å². The molecule has 0 heterocycles. The Morgan fingerprint density at radius 2 is 2.00 bits per heavy atom. The summed E-state index contributed by atoms with van der Waals surface area (Å²) in [6, 6.07) is 8.84. The van der Waals surface area contributed by atoms with Gasteiger partial charge in [0.1, 0.15) is 5.69 Å². The summed E-state index contributed by atoms with van der Waals surface area (Å²) in [6.45, 7) is 0. The zero-order chi connectivity index (χ0) is 14.0. The van der Waals surface area contributed by atoms with E-state index in [1.807, 2.05) is 0 Å². The third kappa shape index (κ3) is 3.02.